The summed E-state index contributed by atoms with van der Waals surface area (Å²) in [6, 6.07) is 3.05. The van der Waals surface area contributed by atoms with Gasteiger partial charge in [0.25, 0.3) is 0 Å². The summed E-state index contributed by atoms with van der Waals surface area (Å²) in [6.07, 6.45) is 0. The number of hydrogen-bond donors (Lipinski definition) is 4. The second-order valence-corrected chi connectivity index (χ2v) is 2.87. The molecular weight excluding hydrogens is 186 g/mol. The number of aliphatic hydroxyl groups is 1. The van der Waals surface area contributed by atoms with Gasteiger partial charge in [0.15, 0.2) is 11.5 Å². The quantitative estimate of drug-likeness (QED) is 0.557. The second kappa shape index (κ2) is 3.15. The molecule has 76 valence electrons. The Balaban J connectivity index is 2.43. The topological polar surface area (TPSA) is 96.6 Å². The lowest BCUT2D eigenvalue weighted by Gasteiger charge is -2.06. The summed E-state index contributed by atoms with van der Waals surface area (Å²) >= 11 is 0. The number of nitrogens with zero attached hydrogens (tertiary/aromatic N) is 1. The average molecular weight is 197 g/mol. The van der Waals surface area contributed by atoms with Gasteiger partial charge in [0.05, 0.1) is 13.2 Å². The largest absolute Gasteiger partial charge is 0.493 e. The van der Waals surface area contributed by atoms with E-state index in [0.717, 1.165) is 0 Å². The highest BCUT2D eigenvalue weighted by Crippen LogP contribution is 2.27. The number of nitrogen functional groups attached to an aromatic ring is 1. The van der Waals surface area contributed by atoms with Crippen LogP contribution in [-0.4, -0.2) is 28.0 Å². The summed E-state index contributed by atoms with van der Waals surface area (Å²) < 4.78 is 6.51. The number of aromatic nitrogens is 1. The Bertz CT molecular complexity index is 446. The van der Waals surface area contributed by atoms with Crippen molar-refractivity contribution in [1.82, 2.24) is 4.68 Å². The zero-order chi connectivity index (χ0) is 10.1. The third kappa shape index (κ3) is 1.25. The highest BCUT2D eigenvalue weighted by atomic mass is 16.4. The van der Waals surface area contributed by atoms with Crippen LogP contribution in [0.5, 0.6) is 5.88 Å². The number of anilines is 1. The first-order valence-corrected chi connectivity index (χ1v) is 4.17. The van der Waals surface area contributed by atoms with Crippen molar-refractivity contribution < 1.29 is 14.6 Å². The van der Waals surface area contributed by atoms with E-state index < -0.39 is 0 Å². The van der Waals surface area contributed by atoms with Crippen molar-refractivity contribution in [3.63, 3.8) is 0 Å². The van der Waals surface area contributed by atoms with Gasteiger partial charge in [-0.25, -0.2) is 4.68 Å². The van der Waals surface area contributed by atoms with E-state index in [1.165, 1.54) is 10.7 Å². The molecule has 2 aromatic heterocycles. The van der Waals surface area contributed by atoms with E-state index in [9.17, 15) is 5.11 Å². The molecule has 0 bridgehead atoms. The number of furan rings is 1. The molecule has 0 atom stereocenters. The zero-order valence-electron chi connectivity index (χ0n) is 7.40. The van der Waals surface area contributed by atoms with Gasteiger partial charge in [-0.2, -0.15) is 0 Å². The summed E-state index contributed by atoms with van der Waals surface area (Å²) in [5.74, 6) is 0.307. The monoisotopic (exact) mass is 197 g/mol. The van der Waals surface area contributed by atoms with Gasteiger partial charge in [0, 0.05) is 12.1 Å². The predicted molar refractivity (Wildman–Crippen MR) is 51.6 cm³/mol. The van der Waals surface area contributed by atoms with Crippen LogP contribution >= 0.6 is 0 Å². The van der Waals surface area contributed by atoms with Gasteiger partial charge in [-0.05, 0) is 0 Å². The van der Waals surface area contributed by atoms with Gasteiger partial charge in [0.2, 0.25) is 5.88 Å². The van der Waals surface area contributed by atoms with Crippen LogP contribution in [0.3, 0.4) is 0 Å². The minimum absolute atomic E-state index is 0.0206. The van der Waals surface area contributed by atoms with Gasteiger partial charge in [-0.3, -0.25) is 0 Å². The number of nitrogens with two attached hydrogens (primary N) is 1. The molecule has 2 rings (SSSR count). The highest BCUT2D eigenvalue weighted by molar-refractivity contribution is 5.80. The third-order valence-electron chi connectivity index (χ3n) is 1.87. The van der Waals surface area contributed by atoms with E-state index in [1.54, 1.807) is 6.07 Å². The maximum Gasteiger partial charge on any atom is 0.214 e. The number of aromatic hydroxyl groups is 1. The molecule has 6 heteroatoms. The van der Waals surface area contributed by atoms with E-state index in [-0.39, 0.29) is 18.4 Å². The first kappa shape index (κ1) is 8.76. The number of aliphatic hydroxyl groups excluding tert-OH is 1. The van der Waals surface area contributed by atoms with Crippen molar-refractivity contribution in [3.05, 3.63) is 12.1 Å². The lowest BCUT2D eigenvalue weighted by Crippen LogP contribution is -2.17. The molecule has 0 aliphatic carbocycles. The maximum atomic E-state index is 9.46. The van der Waals surface area contributed by atoms with Crippen LogP contribution in [-0.2, 0) is 0 Å². The molecule has 6 nitrogen and oxygen atoms in total. The van der Waals surface area contributed by atoms with Crippen molar-refractivity contribution in [2.45, 2.75) is 0 Å². The normalized spacial score (nSPS) is 10.9. The Morgan fingerprint density at radius 1 is 1.50 bits per heavy atom. The van der Waals surface area contributed by atoms with Crippen LogP contribution in [0, 0.1) is 0 Å². The Morgan fingerprint density at radius 3 is 3.00 bits per heavy atom. The number of rotatable bonds is 3. The molecule has 5 N–H and O–H groups in total. The zero-order valence-corrected chi connectivity index (χ0v) is 7.40. The molecule has 0 fully saturated rings. The highest BCUT2D eigenvalue weighted by Gasteiger charge is 2.11. The Morgan fingerprint density at radius 2 is 2.29 bits per heavy atom. The number of nitrogens with one attached hydrogen (secondary N) is 1. The van der Waals surface area contributed by atoms with Crippen LogP contribution in [0.4, 0.5) is 5.88 Å². The number of hydrogen-bond acceptors (Lipinski definition) is 5. The lowest BCUT2D eigenvalue weighted by atomic mass is 10.5. The molecule has 0 spiro atoms. The first-order valence-electron chi connectivity index (χ1n) is 4.17. The molecule has 0 amide bonds. The SMILES string of the molecule is Nc1cc2c(cc(O)n2NCCO)o1. The van der Waals surface area contributed by atoms with Gasteiger partial charge >= 0.3 is 0 Å². The van der Waals surface area contributed by atoms with Crippen molar-refractivity contribution >= 4 is 17.0 Å². The molecular formula is C8H11N3O3. The van der Waals surface area contributed by atoms with Gasteiger partial charge in [-0.1, -0.05) is 0 Å². The van der Waals surface area contributed by atoms with Crippen LogP contribution in [0.25, 0.3) is 11.1 Å². The van der Waals surface area contributed by atoms with Crippen molar-refractivity contribution in [1.29, 1.82) is 0 Å². The molecule has 0 saturated heterocycles. The molecule has 2 aromatic rings. The number of fused-ring (bicyclic) bond motifs is 1. The fraction of sp³-hybridized carbons (Fsp3) is 0.250. The Kier molecular flexibility index (Phi) is 1.97. The molecule has 0 aliphatic rings. The smallest absolute Gasteiger partial charge is 0.214 e. The molecule has 0 radical (unpaired) electrons. The van der Waals surface area contributed by atoms with E-state index in [4.69, 9.17) is 15.3 Å². The fourth-order valence-electron chi connectivity index (χ4n) is 1.33. The van der Waals surface area contributed by atoms with Crippen LogP contribution in [0.1, 0.15) is 0 Å². The Hall–Kier alpha value is -1.82. The van der Waals surface area contributed by atoms with Crippen LogP contribution in [0.2, 0.25) is 0 Å². The van der Waals surface area contributed by atoms with Crippen LogP contribution in [0.15, 0.2) is 16.5 Å². The summed E-state index contributed by atoms with van der Waals surface area (Å²) in [5.41, 5.74) is 9.40. The summed E-state index contributed by atoms with van der Waals surface area (Å²) in [7, 11) is 0. The minimum Gasteiger partial charge on any atom is -0.493 e. The summed E-state index contributed by atoms with van der Waals surface area (Å²) in [6.45, 7) is 0.314. The van der Waals surface area contributed by atoms with Gasteiger partial charge in [-0.15, -0.1) is 0 Å². The average Bonchev–Trinajstić information content (AvgIpc) is 2.58. The van der Waals surface area contributed by atoms with Crippen molar-refractivity contribution in [3.8, 4) is 5.88 Å². The lowest BCUT2D eigenvalue weighted by molar-refractivity contribution is 0.305. The van der Waals surface area contributed by atoms with Crippen LogP contribution < -0.4 is 11.2 Å². The summed E-state index contributed by atoms with van der Waals surface area (Å²) in [5, 5.41) is 18.1. The molecule has 0 unspecified atom stereocenters. The van der Waals surface area contributed by atoms with Gasteiger partial charge < -0.3 is 25.8 Å². The molecule has 0 saturated carbocycles. The molecule has 14 heavy (non-hydrogen) atoms. The standard InChI is InChI=1S/C8H11N3O3/c9-7-3-5-6(14-7)4-8(13)11(5)10-1-2-12/h3-4,10,12-13H,1-2,9H2. The Labute approximate surface area is 79.5 Å². The third-order valence-corrected chi connectivity index (χ3v) is 1.87. The van der Waals surface area contributed by atoms with E-state index in [2.05, 4.69) is 5.43 Å². The molecule has 0 aromatic carbocycles. The molecule has 2 heterocycles. The van der Waals surface area contributed by atoms with E-state index in [0.29, 0.717) is 17.6 Å². The predicted octanol–water partition coefficient (Wildman–Crippen LogP) is 0.0579. The van der Waals surface area contributed by atoms with E-state index in [1.807, 2.05) is 0 Å². The van der Waals surface area contributed by atoms with Crippen molar-refractivity contribution in [2.75, 3.05) is 24.3 Å². The minimum atomic E-state index is -0.0214. The summed E-state index contributed by atoms with van der Waals surface area (Å²) in [4.78, 5) is 0. The maximum absolute atomic E-state index is 9.46. The fourth-order valence-corrected chi connectivity index (χ4v) is 1.33. The van der Waals surface area contributed by atoms with Crippen molar-refractivity contribution in [2.24, 2.45) is 0 Å². The van der Waals surface area contributed by atoms with Gasteiger partial charge in [0.1, 0.15) is 5.52 Å². The second-order valence-electron chi connectivity index (χ2n) is 2.87. The first-order chi connectivity index (χ1) is 6.72. The van der Waals surface area contributed by atoms with E-state index >= 15 is 0 Å². The molecule has 0 aliphatic heterocycles.